The zero-order valence-electron chi connectivity index (χ0n) is 14.8. The Morgan fingerprint density at radius 3 is 2.65 bits per heavy atom. The molecule has 1 aromatic carbocycles. The van der Waals surface area contributed by atoms with Crippen molar-refractivity contribution in [1.82, 2.24) is 4.98 Å². The highest BCUT2D eigenvalue weighted by Crippen LogP contribution is 2.45. The fourth-order valence-corrected chi connectivity index (χ4v) is 3.51. The summed E-state index contributed by atoms with van der Waals surface area (Å²) in [6, 6.07) is 5.97. The Bertz CT molecular complexity index is 895. The van der Waals surface area contributed by atoms with Gasteiger partial charge in [-0.3, -0.25) is 4.79 Å². The van der Waals surface area contributed by atoms with Gasteiger partial charge in [-0.1, -0.05) is 18.2 Å². The predicted octanol–water partition coefficient (Wildman–Crippen LogP) is 3.97. The van der Waals surface area contributed by atoms with Crippen LogP contribution in [0.4, 0.5) is 8.78 Å². The molecule has 2 aromatic rings. The summed E-state index contributed by atoms with van der Waals surface area (Å²) in [6.45, 7) is 1.63. The van der Waals surface area contributed by atoms with E-state index < -0.39 is 17.2 Å². The van der Waals surface area contributed by atoms with Gasteiger partial charge in [-0.2, -0.15) is 0 Å². The van der Waals surface area contributed by atoms with E-state index in [1.807, 2.05) is 0 Å². The Labute approximate surface area is 150 Å². The van der Waals surface area contributed by atoms with E-state index >= 15 is 0 Å². The van der Waals surface area contributed by atoms with E-state index in [0.29, 0.717) is 29.5 Å². The van der Waals surface area contributed by atoms with Gasteiger partial charge < -0.3 is 9.47 Å². The van der Waals surface area contributed by atoms with Gasteiger partial charge in [-0.05, 0) is 54.2 Å². The van der Waals surface area contributed by atoms with Crippen LogP contribution in [0.2, 0.25) is 0 Å². The zero-order valence-corrected chi connectivity index (χ0v) is 14.8. The Balaban J connectivity index is 2.12. The number of carbonyl (C=O) groups excluding carboxylic acids is 1. The molecule has 0 amide bonds. The van der Waals surface area contributed by atoms with E-state index in [2.05, 4.69) is 4.98 Å². The molecule has 1 aromatic heterocycles. The van der Waals surface area contributed by atoms with Crippen LogP contribution in [0.15, 0.2) is 36.5 Å². The van der Waals surface area contributed by atoms with Crippen LogP contribution in [0.5, 0.6) is 5.88 Å². The third kappa shape index (κ3) is 2.85. The van der Waals surface area contributed by atoms with Crippen molar-refractivity contribution < 1.29 is 23.0 Å². The molecule has 1 atom stereocenters. The minimum atomic E-state index is -1.10. The molecule has 136 valence electrons. The number of rotatable bonds is 4. The summed E-state index contributed by atoms with van der Waals surface area (Å²) < 4.78 is 37.9. The summed E-state index contributed by atoms with van der Waals surface area (Å²) in [5.41, 5.74) is 1.17. The first-order valence-electron chi connectivity index (χ1n) is 8.18. The SMILES string of the molecule is COC(=O)[C@]1(c2cccc(F)c2C)C=C(c2cnc(OC)c(F)c2)CC1. The van der Waals surface area contributed by atoms with E-state index in [4.69, 9.17) is 9.47 Å². The number of aromatic nitrogens is 1. The number of nitrogens with zero attached hydrogens (tertiary/aromatic N) is 1. The molecule has 1 heterocycles. The Morgan fingerprint density at radius 2 is 2.00 bits per heavy atom. The van der Waals surface area contributed by atoms with Gasteiger partial charge in [0.05, 0.1) is 14.2 Å². The molecule has 0 unspecified atom stereocenters. The van der Waals surface area contributed by atoms with Crippen molar-refractivity contribution in [2.45, 2.75) is 25.2 Å². The van der Waals surface area contributed by atoms with Crippen molar-refractivity contribution >= 4 is 11.5 Å². The number of hydrogen-bond donors (Lipinski definition) is 0. The van der Waals surface area contributed by atoms with Crippen molar-refractivity contribution in [3.8, 4) is 5.88 Å². The second kappa shape index (κ2) is 6.86. The Kier molecular flexibility index (Phi) is 4.76. The fraction of sp³-hybridized carbons (Fsp3) is 0.300. The molecule has 0 radical (unpaired) electrons. The molecule has 0 bridgehead atoms. The Hall–Kier alpha value is -2.76. The molecule has 0 aliphatic heterocycles. The summed E-state index contributed by atoms with van der Waals surface area (Å²) >= 11 is 0. The van der Waals surface area contributed by atoms with Gasteiger partial charge in [-0.25, -0.2) is 13.8 Å². The minimum Gasteiger partial charge on any atom is -0.479 e. The van der Waals surface area contributed by atoms with E-state index in [1.165, 1.54) is 32.5 Å². The molecule has 3 rings (SSSR count). The maximum atomic E-state index is 14.1. The average Bonchev–Trinajstić information content (AvgIpc) is 3.09. The molecule has 1 aliphatic rings. The number of carbonyl (C=O) groups is 1. The number of esters is 1. The molecule has 0 saturated heterocycles. The molecule has 0 saturated carbocycles. The number of ether oxygens (including phenoxy) is 2. The molecule has 0 N–H and O–H groups in total. The number of hydrogen-bond acceptors (Lipinski definition) is 4. The van der Waals surface area contributed by atoms with Crippen molar-refractivity contribution in [3.63, 3.8) is 0 Å². The Morgan fingerprint density at radius 1 is 1.23 bits per heavy atom. The summed E-state index contributed by atoms with van der Waals surface area (Å²) in [5.74, 6) is -1.52. The molecular weight excluding hydrogens is 340 g/mol. The van der Waals surface area contributed by atoms with Gasteiger partial charge in [-0.15, -0.1) is 0 Å². The first-order chi connectivity index (χ1) is 12.4. The van der Waals surface area contributed by atoms with Crippen molar-refractivity contribution in [1.29, 1.82) is 0 Å². The lowest BCUT2D eigenvalue weighted by atomic mass is 9.77. The van der Waals surface area contributed by atoms with Crippen LogP contribution in [-0.4, -0.2) is 25.2 Å². The molecular formula is C20H19F2NO3. The number of methoxy groups -OCH3 is 2. The molecule has 1 aliphatic carbocycles. The largest absolute Gasteiger partial charge is 0.479 e. The van der Waals surface area contributed by atoms with Crippen LogP contribution in [0.25, 0.3) is 5.57 Å². The van der Waals surface area contributed by atoms with Gasteiger partial charge in [0.2, 0.25) is 5.88 Å². The molecule has 6 heteroatoms. The smallest absolute Gasteiger partial charge is 0.320 e. The number of halogens is 2. The predicted molar refractivity (Wildman–Crippen MR) is 92.8 cm³/mol. The zero-order chi connectivity index (χ0) is 18.9. The van der Waals surface area contributed by atoms with E-state index in [-0.39, 0.29) is 11.7 Å². The van der Waals surface area contributed by atoms with Gasteiger partial charge in [0.15, 0.2) is 5.82 Å². The van der Waals surface area contributed by atoms with E-state index in [9.17, 15) is 13.6 Å². The van der Waals surface area contributed by atoms with Gasteiger partial charge in [0.25, 0.3) is 0 Å². The second-order valence-electron chi connectivity index (χ2n) is 6.26. The van der Waals surface area contributed by atoms with Crippen LogP contribution >= 0.6 is 0 Å². The van der Waals surface area contributed by atoms with Gasteiger partial charge in [0.1, 0.15) is 11.2 Å². The second-order valence-corrected chi connectivity index (χ2v) is 6.26. The van der Waals surface area contributed by atoms with Gasteiger partial charge >= 0.3 is 5.97 Å². The number of pyridine rings is 1. The normalized spacial score (nSPS) is 19.2. The third-order valence-corrected chi connectivity index (χ3v) is 4.88. The quantitative estimate of drug-likeness (QED) is 0.775. The summed E-state index contributed by atoms with van der Waals surface area (Å²) in [6.07, 6.45) is 4.16. The maximum absolute atomic E-state index is 14.1. The number of allylic oxidation sites excluding steroid dienone is 1. The molecule has 26 heavy (non-hydrogen) atoms. The highest BCUT2D eigenvalue weighted by atomic mass is 19.1. The molecule has 4 nitrogen and oxygen atoms in total. The first-order valence-corrected chi connectivity index (χ1v) is 8.18. The van der Waals surface area contributed by atoms with Crippen molar-refractivity contribution in [3.05, 3.63) is 64.9 Å². The fourth-order valence-electron chi connectivity index (χ4n) is 3.51. The monoisotopic (exact) mass is 359 g/mol. The van der Waals surface area contributed by atoms with Crippen LogP contribution in [-0.2, 0) is 14.9 Å². The maximum Gasteiger partial charge on any atom is 0.320 e. The number of benzene rings is 1. The van der Waals surface area contributed by atoms with Crippen LogP contribution in [0, 0.1) is 18.6 Å². The van der Waals surface area contributed by atoms with Crippen LogP contribution in [0.3, 0.4) is 0 Å². The van der Waals surface area contributed by atoms with Crippen molar-refractivity contribution in [2.75, 3.05) is 14.2 Å². The highest BCUT2D eigenvalue weighted by Gasteiger charge is 2.44. The highest BCUT2D eigenvalue weighted by molar-refractivity contribution is 5.91. The summed E-state index contributed by atoms with van der Waals surface area (Å²) in [5, 5.41) is 0. The lowest BCUT2D eigenvalue weighted by molar-refractivity contribution is -0.145. The average molecular weight is 359 g/mol. The van der Waals surface area contributed by atoms with Crippen molar-refractivity contribution in [2.24, 2.45) is 0 Å². The molecule has 0 fully saturated rings. The van der Waals surface area contributed by atoms with Gasteiger partial charge in [0, 0.05) is 6.20 Å². The minimum absolute atomic E-state index is 0.0902. The molecule has 0 spiro atoms. The summed E-state index contributed by atoms with van der Waals surface area (Å²) in [4.78, 5) is 16.6. The van der Waals surface area contributed by atoms with E-state index in [0.717, 1.165) is 5.57 Å². The summed E-state index contributed by atoms with van der Waals surface area (Å²) in [7, 11) is 2.65. The third-order valence-electron chi connectivity index (χ3n) is 4.88. The van der Waals surface area contributed by atoms with E-state index in [1.54, 1.807) is 25.1 Å². The standard InChI is InChI=1S/C20H19F2NO3/c1-12-15(5-4-6-16(12)21)20(19(24)26-3)8-7-13(10-20)14-9-17(22)18(25-2)23-11-14/h4-6,9-11H,7-8H2,1-3H3/t20-/m0/s1. The van der Waals surface area contributed by atoms with Crippen LogP contribution in [0.1, 0.15) is 29.5 Å². The first kappa shape index (κ1) is 18.0. The lowest BCUT2D eigenvalue weighted by Crippen LogP contribution is -2.34. The van der Waals surface area contributed by atoms with Crippen LogP contribution < -0.4 is 4.74 Å². The topological polar surface area (TPSA) is 48.4 Å². The lowest BCUT2D eigenvalue weighted by Gasteiger charge is -2.26.